The van der Waals surface area contributed by atoms with Crippen molar-refractivity contribution >= 4 is 66.8 Å². The molecule has 1 N–H and O–H groups in total. The highest BCUT2D eigenvalue weighted by atomic mass is 33.1. The van der Waals surface area contributed by atoms with Crippen LogP contribution in [0.25, 0.3) is 0 Å². The van der Waals surface area contributed by atoms with Gasteiger partial charge in [0.05, 0.1) is 0 Å². The molecule has 8 heteroatoms. The van der Waals surface area contributed by atoms with Crippen molar-refractivity contribution in [3.05, 3.63) is 24.4 Å². The first-order valence-corrected chi connectivity index (χ1v) is 11.4. The maximum absolute atomic E-state index is 11.4. The number of aromatic nitrogens is 1. The number of thioether (sulfide) groups is 2. The topological polar surface area (TPSA) is 50.2 Å². The van der Waals surface area contributed by atoms with Crippen molar-refractivity contribution in [3.63, 3.8) is 0 Å². The van der Waals surface area contributed by atoms with Gasteiger partial charge in [-0.25, -0.2) is 4.98 Å². The summed E-state index contributed by atoms with van der Waals surface area (Å²) >= 11 is 8.05. The Balaban J connectivity index is 2.53. The van der Waals surface area contributed by atoms with Crippen molar-refractivity contribution in [1.29, 1.82) is 0 Å². The molecule has 1 rings (SSSR count). The van der Waals surface area contributed by atoms with Crippen molar-refractivity contribution in [2.45, 2.75) is 42.2 Å². The fourth-order valence-corrected chi connectivity index (χ4v) is 6.71. The molecule has 3 nitrogen and oxygen atoms in total. The third-order valence-electron chi connectivity index (χ3n) is 2.62. The van der Waals surface area contributed by atoms with E-state index in [1.54, 1.807) is 27.8 Å². The molecule has 2 atom stereocenters. The van der Waals surface area contributed by atoms with Crippen molar-refractivity contribution in [2.24, 2.45) is 0 Å². The lowest BCUT2D eigenvalue weighted by Gasteiger charge is -2.18. The molecule has 0 aliphatic carbocycles. The highest BCUT2D eigenvalue weighted by Crippen LogP contribution is 2.38. The summed E-state index contributed by atoms with van der Waals surface area (Å²) in [4.78, 5) is 15.7. The summed E-state index contributed by atoms with van der Waals surface area (Å²) in [5, 5.41) is 10.1. The van der Waals surface area contributed by atoms with Gasteiger partial charge in [0.25, 0.3) is 0 Å². The van der Waals surface area contributed by atoms with E-state index in [2.05, 4.69) is 11.9 Å². The number of thiocarbonyl (C=S) groups is 1. The summed E-state index contributed by atoms with van der Waals surface area (Å²) in [6, 6.07) is 5.80. The molecule has 0 amide bonds. The number of hydrogen-bond donors (Lipinski definition) is 1. The van der Waals surface area contributed by atoms with Crippen molar-refractivity contribution in [2.75, 3.05) is 5.75 Å². The van der Waals surface area contributed by atoms with E-state index in [9.17, 15) is 9.90 Å². The van der Waals surface area contributed by atoms with E-state index < -0.39 is 11.2 Å². The zero-order valence-corrected chi connectivity index (χ0v) is 16.5. The molecule has 0 radical (unpaired) electrons. The Morgan fingerprint density at radius 3 is 2.73 bits per heavy atom. The Labute approximate surface area is 153 Å². The third-order valence-corrected chi connectivity index (χ3v) is 8.22. The number of hydrogen-bond acceptors (Lipinski definition) is 7. The molecule has 0 bridgehead atoms. The first kappa shape index (κ1) is 20.2. The van der Waals surface area contributed by atoms with Crippen LogP contribution in [0.4, 0.5) is 0 Å². The zero-order valence-electron chi connectivity index (χ0n) is 12.4. The molecule has 0 aromatic carbocycles. The smallest absolute Gasteiger partial charge is 0.317 e. The van der Waals surface area contributed by atoms with Crippen LogP contribution in [0.2, 0.25) is 0 Å². The second kappa shape index (κ2) is 11.6. The second-order valence-corrected chi connectivity index (χ2v) is 10.4. The molecule has 0 saturated carbocycles. The van der Waals surface area contributed by atoms with E-state index >= 15 is 0 Å². The molecule has 1 aromatic rings. The molecular weight excluding hydrogens is 374 g/mol. The normalized spacial score (nSPS) is 13.5. The van der Waals surface area contributed by atoms with Gasteiger partial charge in [0, 0.05) is 11.4 Å². The lowest BCUT2D eigenvalue weighted by atomic mass is 10.2. The number of carboxylic acid groups (broad SMARTS) is 1. The van der Waals surface area contributed by atoms with Gasteiger partial charge in [0.1, 0.15) is 13.8 Å². The number of nitrogens with zero attached hydrogens (tertiary/aromatic N) is 1. The van der Waals surface area contributed by atoms with Crippen LogP contribution in [-0.2, 0) is 4.79 Å². The number of aliphatic carboxylic acids is 1. The van der Waals surface area contributed by atoms with Crippen LogP contribution in [-0.4, -0.2) is 35.8 Å². The Morgan fingerprint density at radius 1 is 1.41 bits per heavy atom. The fraction of sp³-hybridized carbons (Fsp3) is 0.500. The van der Waals surface area contributed by atoms with Gasteiger partial charge in [-0.2, -0.15) is 0 Å². The fourth-order valence-electron chi connectivity index (χ4n) is 1.49. The molecule has 22 heavy (non-hydrogen) atoms. The van der Waals surface area contributed by atoms with Crippen LogP contribution in [0.5, 0.6) is 0 Å². The Kier molecular flexibility index (Phi) is 10.6. The van der Waals surface area contributed by atoms with Crippen LogP contribution >= 0.6 is 57.3 Å². The van der Waals surface area contributed by atoms with Gasteiger partial charge in [-0.1, -0.05) is 54.7 Å². The van der Waals surface area contributed by atoms with Gasteiger partial charge in [0.15, 0.2) is 0 Å². The van der Waals surface area contributed by atoms with Gasteiger partial charge < -0.3 is 5.11 Å². The maximum atomic E-state index is 11.4. The lowest BCUT2D eigenvalue weighted by Crippen LogP contribution is -2.22. The van der Waals surface area contributed by atoms with Crippen molar-refractivity contribution in [1.82, 2.24) is 4.98 Å². The predicted molar refractivity (Wildman–Crippen MR) is 106 cm³/mol. The maximum Gasteiger partial charge on any atom is 0.317 e. The number of rotatable bonds is 9. The minimum atomic E-state index is -0.786. The first-order valence-electron chi connectivity index (χ1n) is 6.87. The Bertz CT molecular complexity index is 472. The second-order valence-electron chi connectivity index (χ2n) is 4.24. The summed E-state index contributed by atoms with van der Waals surface area (Å²) in [6.45, 7) is 4.10. The van der Waals surface area contributed by atoms with Gasteiger partial charge in [-0.15, -0.1) is 11.8 Å². The lowest BCUT2D eigenvalue weighted by molar-refractivity contribution is -0.136. The molecule has 1 heterocycles. The van der Waals surface area contributed by atoms with E-state index in [1.165, 1.54) is 23.5 Å². The monoisotopic (exact) mass is 393 g/mol. The Morgan fingerprint density at radius 2 is 2.18 bits per heavy atom. The SMILES string of the molecule is CCSC(=S)SC(CC(CC)SSc1ccccn1)C(=O)O. The first-order chi connectivity index (χ1) is 10.6. The average molecular weight is 394 g/mol. The summed E-state index contributed by atoms with van der Waals surface area (Å²) in [5.74, 6) is 0.0885. The summed E-state index contributed by atoms with van der Waals surface area (Å²) in [5.41, 5.74) is 0. The van der Waals surface area contributed by atoms with Gasteiger partial charge in [0.2, 0.25) is 0 Å². The molecule has 0 spiro atoms. The van der Waals surface area contributed by atoms with Crippen LogP contribution in [0.15, 0.2) is 29.4 Å². The molecule has 0 saturated heterocycles. The van der Waals surface area contributed by atoms with E-state index in [4.69, 9.17) is 12.2 Å². The largest absolute Gasteiger partial charge is 0.480 e. The summed E-state index contributed by atoms with van der Waals surface area (Å²) in [6.07, 6.45) is 3.29. The average Bonchev–Trinajstić information content (AvgIpc) is 2.51. The van der Waals surface area contributed by atoms with Crippen LogP contribution in [0.3, 0.4) is 0 Å². The van der Waals surface area contributed by atoms with Crippen LogP contribution < -0.4 is 0 Å². The molecule has 1 aromatic heterocycles. The molecule has 0 aliphatic rings. The zero-order chi connectivity index (χ0) is 16.4. The van der Waals surface area contributed by atoms with E-state index in [0.717, 1.165) is 17.2 Å². The minimum absolute atomic E-state index is 0.259. The molecular formula is C14H19NO2S5. The predicted octanol–water partition coefficient (Wildman–Crippen LogP) is 5.22. The summed E-state index contributed by atoms with van der Waals surface area (Å²) < 4.78 is 0.715. The van der Waals surface area contributed by atoms with E-state index in [0.29, 0.717) is 9.95 Å². The van der Waals surface area contributed by atoms with Gasteiger partial charge in [-0.05, 0) is 41.5 Å². The van der Waals surface area contributed by atoms with Crippen LogP contribution in [0, 0.1) is 0 Å². The van der Waals surface area contributed by atoms with Gasteiger partial charge >= 0.3 is 5.97 Å². The van der Waals surface area contributed by atoms with Gasteiger partial charge in [-0.3, -0.25) is 4.79 Å². The molecule has 122 valence electrons. The van der Waals surface area contributed by atoms with Crippen molar-refractivity contribution in [3.8, 4) is 0 Å². The minimum Gasteiger partial charge on any atom is -0.480 e. The molecule has 0 aliphatic heterocycles. The standard InChI is InChI=1S/C14H19NO2S5/c1-3-10(21-22-12-7-5-6-8-15-12)9-11(13(16)17)20-14(18)19-4-2/h5-8,10-11H,3-4,9H2,1-2H3,(H,16,17). The van der Waals surface area contributed by atoms with E-state index in [-0.39, 0.29) is 5.25 Å². The van der Waals surface area contributed by atoms with Crippen LogP contribution in [0.1, 0.15) is 26.7 Å². The highest BCUT2D eigenvalue weighted by Gasteiger charge is 2.24. The third kappa shape index (κ3) is 8.10. The number of carboxylic acids is 1. The molecule has 0 fully saturated rings. The summed E-state index contributed by atoms with van der Waals surface area (Å²) in [7, 11) is 3.29. The number of pyridine rings is 1. The molecule has 2 unspecified atom stereocenters. The van der Waals surface area contributed by atoms with E-state index in [1.807, 2.05) is 25.1 Å². The Hall–Kier alpha value is 0.110. The quantitative estimate of drug-likeness (QED) is 0.453. The van der Waals surface area contributed by atoms with Crippen molar-refractivity contribution < 1.29 is 9.90 Å². The highest BCUT2D eigenvalue weighted by molar-refractivity contribution is 8.76. The number of carbonyl (C=O) groups is 1.